The number of hydrogen-bond donors (Lipinski definition) is 2. The van der Waals surface area contributed by atoms with Crippen LogP contribution in [0.25, 0.3) is 0 Å². The van der Waals surface area contributed by atoms with Crippen LogP contribution < -0.4 is 5.73 Å². The maximum atomic E-state index is 10.8. The third-order valence-corrected chi connectivity index (χ3v) is 3.92. The number of amides is 1. The Labute approximate surface area is 129 Å². The predicted molar refractivity (Wildman–Crippen MR) is 69.4 cm³/mol. The summed E-state index contributed by atoms with van der Waals surface area (Å²) in [7, 11) is -4.18. The molecule has 1 rings (SSSR count). The van der Waals surface area contributed by atoms with E-state index in [1.807, 2.05) is 22.6 Å². The molecule has 0 bridgehead atoms. The van der Waals surface area contributed by atoms with E-state index in [2.05, 4.69) is 0 Å². The molecule has 0 spiro atoms. The van der Waals surface area contributed by atoms with E-state index in [0.29, 0.717) is 5.56 Å². The van der Waals surface area contributed by atoms with Crippen LogP contribution in [-0.4, -0.2) is 48.4 Å². The molecule has 0 aliphatic heterocycles. The number of nitrogens with two attached hydrogens (primary N) is 1. The van der Waals surface area contributed by atoms with Crippen LogP contribution in [0.3, 0.4) is 0 Å². The Morgan fingerprint density at radius 2 is 1.75 bits per heavy atom. The van der Waals surface area contributed by atoms with Crippen molar-refractivity contribution in [2.45, 2.75) is 8.82 Å². The van der Waals surface area contributed by atoms with E-state index < -0.39 is 19.9 Å². The van der Waals surface area contributed by atoms with Crippen LogP contribution in [0.5, 0.6) is 0 Å². The van der Waals surface area contributed by atoms with Gasteiger partial charge in [-0.2, -0.15) is 8.42 Å². The molecule has 0 saturated carbocycles. The van der Waals surface area contributed by atoms with Crippen molar-refractivity contribution in [3.63, 3.8) is 0 Å². The van der Waals surface area contributed by atoms with E-state index in [1.165, 1.54) is 24.3 Å². The first kappa shape index (κ1) is 16.3. The number of hydrogen-bond acceptors (Lipinski definition) is 3. The fourth-order valence-electron chi connectivity index (χ4n) is 0.973. The van der Waals surface area contributed by atoms with Crippen LogP contribution in [-0.2, 0) is 14.9 Å². The molecule has 1 atom stereocenters. The third kappa shape index (κ3) is 4.30. The van der Waals surface area contributed by atoms with Crippen molar-refractivity contribution in [3.05, 3.63) is 29.8 Å². The molecular weight excluding hydrogens is 356 g/mol. The fourth-order valence-corrected chi connectivity index (χ4v) is 1.87. The standard InChI is InChI=1S/C8H8INO4S.Na.H/c9-7(8(10)11)5-1-3-6(4-2-5)15(12,13)14;;/h1-4,7H,(H2,10,11)(H,12,13,14);;. The van der Waals surface area contributed by atoms with Gasteiger partial charge in [-0.15, -0.1) is 0 Å². The molecule has 84 valence electrons. The van der Waals surface area contributed by atoms with Gasteiger partial charge in [-0.05, 0) is 17.7 Å². The molecular formula is C8H9INNaO4S. The monoisotopic (exact) mass is 365 g/mol. The Morgan fingerprint density at radius 1 is 1.31 bits per heavy atom. The van der Waals surface area contributed by atoms with Gasteiger partial charge in [0.15, 0.2) is 0 Å². The molecule has 1 aromatic carbocycles. The number of carbonyl (C=O) groups excluding carboxylic acids is 1. The van der Waals surface area contributed by atoms with Crippen LogP contribution in [0, 0.1) is 0 Å². The second-order valence-electron chi connectivity index (χ2n) is 2.81. The van der Waals surface area contributed by atoms with Gasteiger partial charge < -0.3 is 5.73 Å². The van der Waals surface area contributed by atoms with E-state index >= 15 is 0 Å². The Balaban J connectivity index is 0.00000225. The molecule has 8 heteroatoms. The Kier molecular flexibility index (Phi) is 6.44. The molecule has 0 aromatic heterocycles. The van der Waals surface area contributed by atoms with Crippen molar-refractivity contribution in [2.24, 2.45) is 5.73 Å². The molecule has 1 amide bonds. The van der Waals surface area contributed by atoms with E-state index in [-0.39, 0.29) is 34.5 Å². The molecule has 1 unspecified atom stereocenters. The molecule has 0 heterocycles. The first-order valence-corrected chi connectivity index (χ1v) is 6.52. The van der Waals surface area contributed by atoms with Crippen molar-refractivity contribution >= 4 is 68.2 Å². The number of rotatable bonds is 3. The van der Waals surface area contributed by atoms with Crippen molar-refractivity contribution in [1.82, 2.24) is 0 Å². The first-order chi connectivity index (χ1) is 6.82. The summed E-state index contributed by atoms with van der Waals surface area (Å²) < 4.78 is 29.6. The number of halogens is 1. The normalized spacial score (nSPS) is 12.6. The molecule has 0 fully saturated rings. The fraction of sp³-hybridized carbons (Fsp3) is 0.125. The van der Waals surface area contributed by atoms with Crippen LogP contribution in [0.4, 0.5) is 0 Å². The van der Waals surface area contributed by atoms with E-state index in [9.17, 15) is 13.2 Å². The zero-order valence-corrected chi connectivity index (χ0v) is 10.4. The number of primary amides is 1. The summed E-state index contributed by atoms with van der Waals surface area (Å²) in [6.45, 7) is 0. The number of alkyl halides is 1. The second-order valence-corrected chi connectivity index (χ2v) is 5.48. The molecule has 5 nitrogen and oxygen atoms in total. The van der Waals surface area contributed by atoms with Crippen LogP contribution in [0.1, 0.15) is 9.49 Å². The van der Waals surface area contributed by atoms with Crippen LogP contribution >= 0.6 is 22.6 Å². The predicted octanol–water partition coefficient (Wildman–Crippen LogP) is 0.246. The van der Waals surface area contributed by atoms with Gasteiger partial charge in [0.05, 0.1) is 4.90 Å². The van der Waals surface area contributed by atoms with Crippen LogP contribution in [0.15, 0.2) is 29.2 Å². The minimum atomic E-state index is -4.18. The van der Waals surface area contributed by atoms with Gasteiger partial charge in [-0.3, -0.25) is 9.35 Å². The molecule has 1 aromatic rings. The Hall–Kier alpha value is 0.330. The SMILES string of the molecule is NC(=O)C(I)c1ccc(S(=O)(=O)O)cc1.[NaH]. The zero-order valence-electron chi connectivity index (χ0n) is 7.42. The molecule has 0 aliphatic rings. The van der Waals surface area contributed by atoms with Crippen molar-refractivity contribution < 1.29 is 17.8 Å². The van der Waals surface area contributed by atoms with Gasteiger partial charge >= 0.3 is 29.6 Å². The van der Waals surface area contributed by atoms with Gasteiger partial charge in [0, 0.05) is 0 Å². The summed E-state index contributed by atoms with van der Waals surface area (Å²) >= 11 is 1.84. The molecule has 16 heavy (non-hydrogen) atoms. The molecule has 3 N–H and O–H groups in total. The topological polar surface area (TPSA) is 97.5 Å². The maximum absolute atomic E-state index is 10.8. The van der Waals surface area contributed by atoms with Gasteiger partial charge in [0.1, 0.15) is 3.92 Å². The van der Waals surface area contributed by atoms with Gasteiger partial charge in [0.25, 0.3) is 10.1 Å². The summed E-state index contributed by atoms with van der Waals surface area (Å²) in [4.78, 5) is 10.6. The molecule has 0 saturated heterocycles. The average molecular weight is 365 g/mol. The van der Waals surface area contributed by atoms with Gasteiger partial charge in [0.2, 0.25) is 5.91 Å². The second kappa shape index (κ2) is 6.31. The molecule has 0 aliphatic carbocycles. The van der Waals surface area contributed by atoms with Crippen molar-refractivity contribution in [3.8, 4) is 0 Å². The summed E-state index contributed by atoms with van der Waals surface area (Å²) in [5, 5.41) is 0. The molecule has 0 radical (unpaired) electrons. The summed E-state index contributed by atoms with van der Waals surface area (Å²) in [6, 6.07) is 5.31. The Morgan fingerprint density at radius 3 is 2.06 bits per heavy atom. The summed E-state index contributed by atoms with van der Waals surface area (Å²) in [5.41, 5.74) is 5.67. The van der Waals surface area contributed by atoms with E-state index in [4.69, 9.17) is 10.3 Å². The van der Waals surface area contributed by atoms with Crippen LogP contribution in [0.2, 0.25) is 0 Å². The van der Waals surface area contributed by atoms with Crippen molar-refractivity contribution in [1.29, 1.82) is 0 Å². The summed E-state index contributed by atoms with van der Waals surface area (Å²) in [6.07, 6.45) is 0. The zero-order chi connectivity index (χ0) is 11.6. The quantitative estimate of drug-likeness (QED) is 0.347. The van der Waals surface area contributed by atoms with Gasteiger partial charge in [-0.1, -0.05) is 34.7 Å². The Bertz CT molecular complexity index is 473. The van der Waals surface area contributed by atoms with Gasteiger partial charge in [-0.25, -0.2) is 0 Å². The van der Waals surface area contributed by atoms with E-state index in [1.54, 1.807) is 0 Å². The van der Waals surface area contributed by atoms with Crippen molar-refractivity contribution in [2.75, 3.05) is 0 Å². The average Bonchev–Trinajstić information content (AvgIpc) is 2.15. The minimum absolute atomic E-state index is 0. The number of carbonyl (C=O) groups is 1. The summed E-state index contributed by atoms with van der Waals surface area (Å²) in [5.74, 6) is -0.504. The first-order valence-electron chi connectivity index (χ1n) is 3.83. The third-order valence-electron chi connectivity index (χ3n) is 1.72. The number of benzene rings is 1. The van der Waals surface area contributed by atoms with E-state index in [0.717, 1.165) is 0 Å².